The van der Waals surface area contributed by atoms with Gasteiger partial charge in [-0.3, -0.25) is 14.5 Å². The highest BCUT2D eigenvalue weighted by Gasteiger charge is 2.52. The van der Waals surface area contributed by atoms with Gasteiger partial charge in [-0.2, -0.15) is 0 Å². The van der Waals surface area contributed by atoms with Gasteiger partial charge in [0.1, 0.15) is 0 Å². The highest BCUT2D eigenvalue weighted by Crippen LogP contribution is 2.48. The monoisotopic (exact) mass is 292 g/mol. The Hall–Kier alpha value is -1.36. The van der Waals surface area contributed by atoms with Gasteiger partial charge in [-0.15, -0.1) is 0 Å². The predicted octanol–water partition coefficient (Wildman–Crippen LogP) is 1.06. The molecule has 116 valence electrons. The first kappa shape index (κ1) is 14.6. The lowest BCUT2D eigenvalue weighted by molar-refractivity contribution is -0.151. The van der Waals surface area contributed by atoms with E-state index in [2.05, 4.69) is 17.9 Å². The van der Waals surface area contributed by atoms with E-state index in [1.165, 1.54) is 0 Å². The van der Waals surface area contributed by atoms with Gasteiger partial charge in [0.15, 0.2) is 0 Å². The zero-order chi connectivity index (χ0) is 15.0. The first-order valence-corrected chi connectivity index (χ1v) is 8.04. The average molecular weight is 292 g/mol. The summed E-state index contributed by atoms with van der Waals surface area (Å²) in [5.74, 6) is -1.40. The Kier molecular flexibility index (Phi) is 4.02. The molecule has 0 aromatic rings. The van der Waals surface area contributed by atoms with Crippen LogP contribution in [0.3, 0.4) is 0 Å². The van der Waals surface area contributed by atoms with Crippen molar-refractivity contribution in [3.63, 3.8) is 0 Å². The van der Waals surface area contributed by atoms with Crippen molar-refractivity contribution >= 4 is 11.9 Å². The third kappa shape index (κ3) is 2.59. The molecule has 2 bridgehead atoms. The van der Waals surface area contributed by atoms with Gasteiger partial charge in [0.2, 0.25) is 5.91 Å². The van der Waals surface area contributed by atoms with Gasteiger partial charge in [0.05, 0.1) is 11.8 Å². The van der Waals surface area contributed by atoms with Crippen LogP contribution in [-0.4, -0.2) is 59.5 Å². The predicted molar refractivity (Wildman–Crippen MR) is 78.7 cm³/mol. The van der Waals surface area contributed by atoms with E-state index in [0.29, 0.717) is 0 Å². The van der Waals surface area contributed by atoms with Gasteiger partial charge in [0.25, 0.3) is 0 Å². The van der Waals surface area contributed by atoms with Crippen LogP contribution in [-0.2, 0) is 9.59 Å². The van der Waals surface area contributed by atoms with Crippen molar-refractivity contribution in [2.75, 3.05) is 32.7 Å². The van der Waals surface area contributed by atoms with E-state index in [-0.39, 0.29) is 23.7 Å². The van der Waals surface area contributed by atoms with E-state index in [4.69, 9.17) is 0 Å². The second kappa shape index (κ2) is 5.79. The molecule has 5 nitrogen and oxygen atoms in total. The Morgan fingerprint density at radius 2 is 1.71 bits per heavy atom. The van der Waals surface area contributed by atoms with Crippen molar-refractivity contribution < 1.29 is 14.7 Å². The highest BCUT2D eigenvalue weighted by atomic mass is 16.4. The van der Waals surface area contributed by atoms with Crippen molar-refractivity contribution in [2.45, 2.75) is 19.8 Å². The molecule has 1 N–H and O–H groups in total. The quantitative estimate of drug-likeness (QED) is 0.787. The minimum absolute atomic E-state index is 0.0582. The summed E-state index contributed by atoms with van der Waals surface area (Å²) >= 11 is 0. The van der Waals surface area contributed by atoms with Crippen LogP contribution in [0, 0.1) is 23.7 Å². The summed E-state index contributed by atoms with van der Waals surface area (Å²) in [7, 11) is 0. The number of amides is 1. The summed E-state index contributed by atoms with van der Waals surface area (Å²) < 4.78 is 0. The number of nitrogens with zero attached hydrogens (tertiary/aromatic N) is 2. The Labute approximate surface area is 125 Å². The molecule has 1 saturated carbocycles. The number of piperazine rings is 1. The summed E-state index contributed by atoms with van der Waals surface area (Å²) in [6.45, 7) is 6.54. The molecule has 1 aliphatic heterocycles. The maximum atomic E-state index is 12.8. The second-order valence-electron chi connectivity index (χ2n) is 6.51. The first-order valence-electron chi connectivity index (χ1n) is 8.04. The van der Waals surface area contributed by atoms with Crippen molar-refractivity contribution in [1.82, 2.24) is 9.80 Å². The van der Waals surface area contributed by atoms with Crippen molar-refractivity contribution in [1.29, 1.82) is 0 Å². The van der Waals surface area contributed by atoms with Crippen molar-refractivity contribution in [3.05, 3.63) is 12.2 Å². The number of hydrogen-bond acceptors (Lipinski definition) is 3. The number of carbonyl (C=O) groups excluding carboxylic acids is 1. The molecule has 2 aliphatic carbocycles. The Morgan fingerprint density at radius 1 is 1.10 bits per heavy atom. The van der Waals surface area contributed by atoms with Crippen LogP contribution in [0.2, 0.25) is 0 Å². The van der Waals surface area contributed by atoms with Crippen molar-refractivity contribution in [3.8, 4) is 0 Å². The molecule has 3 rings (SSSR count). The smallest absolute Gasteiger partial charge is 0.307 e. The van der Waals surface area contributed by atoms with Gasteiger partial charge < -0.3 is 10.0 Å². The molecule has 3 aliphatic rings. The lowest BCUT2D eigenvalue weighted by Gasteiger charge is -2.37. The topological polar surface area (TPSA) is 60.9 Å². The van der Waals surface area contributed by atoms with Crippen molar-refractivity contribution in [2.24, 2.45) is 23.7 Å². The van der Waals surface area contributed by atoms with Gasteiger partial charge in [-0.25, -0.2) is 0 Å². The molecule has 4 atom stereocenters. The minimum Gasteiger partial charge on any atom is -0.481 e. The Balaban J connectivity index is 1.66. The largest absolute Gasteiger partial charge is 0.481 e. The molecule has 21 heavy (non-hydrogen) atoms. The molecule has 1 heterocycles. The number of carboxylic acid groups (broad SMARTS) is 1. The molecule has 5 heteroatoms. The van der Waals surface area contributed by atoms with E-state index in [0.717, 1.165) is 45.6 Å². The van der Waals surface area contributed by atoms with Crippen LogP contribution in [0.5, 0.6) is 0 Å². The summed E-state index contributed by atoms with van der Waals surface area (Å²) in [5.41, 5.74) is 0. The van der Waals surface area contributed by atoms with E-state index in [9.17, 15) is 14.7 Å². The highest BCUT2D eigenvalue weighted by molar-refractivity contribution is 5.87. The normalized spacial score (nSPS) is 35.4. The van der Waals surface area contributed by atoms with E-state index >= 15 is 0 Å². The van der Waals surface area contributed by atoms with Crippen LogP contribution < -0.4 is 0 Å². The Bertz CT molecular complexity index is 454. The van der Waals surface area contributed by atoms with Crippen LogP contribution in [0.25, 0.3) is 0 Å². The number of hydrogen-bond donors (Lipinski definition) is 1. The fourth-order valence-corrected chi connectivity index (χ4v) is 4.21. The average Bonchev–Trinajstić information content (AvgIpc) is 3.08. The minimum atomic E-state index is -0.810. The number of carboxylic acids is 1. The summed E-state index contributed by atoms with van der Waals surface area (Å²) in [5, 5.41) is 9.45. The standard InChI is InChI=1S/C16H24N2O3/c1-2-5-17-6-8-18(9-7-17)15(19)13-11-3-4-12(10-11)14(13)16(20)21/h3-4,11-14H,2,5-10H2,1H3,(H,20,21). The lowest BCUT2D eigenvalue weighted by Crippen LogP contribution is -2.52. The molecule has 0 aromatic heterocycles. The molecule has 0 aromatic carbocycles. The molecule has 0 spiro atoms. The van der Waals surface area contributed by atoms with E-state index < -0.39 is 11.9 Å². The van der Waals surface area contributed by atoms with E-state index in [1.54, 1.807) is 0 Å². The molecule has 4 unspecified atom stereocenters. The maximum absolute atomic E-state index is 12.8. The molecular formula is C16H24N2O3. The SMILES string of the molecule is CCCN1CCN(C(=O)C2C3C=CC(C3)C2C(=O)O)CC1. The van der Waals surface area contributed by atoms with Crippen LogP contribution in [0.1, 0.15) is 19.8 Å². The number of rotatable bonds is 4. The lowest BCUT2D eigenvalue weighted by atomic mass is 9.82. The Morgan fingerprint density at radius 3 is 2.29 bits per heavy atom. The van der Waals surface area contributed by atoms with Gasteiger partial charge in [-0.05, 0) is 31.2 Å². The molecule has 0 radical (unpaired) electrons. The third-order valence-corrected chi connectivity index (χ3v) is 5.25. The van der Waals surface area contributed by atoms with E-state index in [1.807, 2.05) is 11.0 Å². The number of carbonyl (C=O) groups is 2. The van der Waals surface area contributed by atoms with Crippen LogP contribution >= 0.6 is 0 Å². The zero-order valence-electron chi connectivity index (χ0n) is 12.6. The summed E-state index contributed by atoms with van der Waals surface area (Å²) in [4.78, 5) is 28.6. The molecule has 1 amide bonds. The third-order valence-electron chi connectivity index (χ3n) is 5.25. The molecular weight excluding hydrogens is 268 g/mol. The van der Waals surface area contributed by atoms with Gasteiger partial charge >= 0.3 is 5.97 Å². The second-order valence-corrected chi connectivity index (χ2v) is 6.51. The first-order chi connectivity index (χ1) is 10.1. The zero-order valence-corrected chi connectivity index (χ0v) is 12.6. The van der Waals surface area contributed by atoms with Gasteiger partial charge in [0, 0.05) is 26.2 Å². The fourth-order valence-electron chi connectivity index (χ4n) is 4.21. The summed E-state index contributed by atoms with van der Waals surface area (Å²) in [6.07, 6.45) is 6.02. The number of aliphatic carboxylic acids is 1. The van der Waals surface area contributed by atoms with Gasteiger partial charge in [-0.1, -0.05) is 19.1 Å². The number of allylic oxidation sites excluding steroid dienone is 2. The fraction of sp³-hybridized carbons (Fsp3) is 0.750. The number of fused-ring (bicyclic) bond motifs is 2. The van der Waals surface area contributed by atoms with Crippen LogP contribution in [0.4, 0.5) is 0 Å². The van der Waals surface area contributed by atoms with Crippen LogP contribution in [0.15, 0.2) is 12.2 Å². The molecule has 2 fully saturated rings. The maximum Gasteiger partial charge on any atom is 0.307 e. The summed E-state index contributed by atoms with van der Waals surface area (Å²) in [6, 6.07) is 0. The molecule has 1 saturated heterocycles.